The third kappa shape index (κ3) is 8.98. The fraction of sp³-hybridized carbons (Fsp3) is 0.472. The Kier molecular flexibility index (Phi) is 11.0. The smallest absolute Gasteiger partial charge is 0.408 e. The minimum absolute atomic E-state index is 0.00728. The largest absolute Gasteiger partial charge is 0.445 e. The normalized spacial score (nSPS) is 21.3. The first-order chi connectivity index (χ1) is 23.3. The number of nitrogens with zero attached hydrogens (tertiary/aromatic N) is 1. The van der Waals surface area contributed by atoms with E-state index < -0.39 is 58.7 Å². The van der Waals surface area contributed by atoms with Gasteiger partial charge in [0.05, 0.1) is 18.3 Å². The Bertz CT molecular complexity index is 1610. The van der Waals surface area contributed by atoms with Gasteiger partial charge in [0, 0.05) is 23.0 Å². The van der Waals surface area contributed by atoms with Crippen molar-refractivity contribution in [3.63, 3.8) is 0 Å². The Morgan fingerprint density at radius 2 is 1.80 bits per heavy atom. The molecule has 2 aromatic rings. The van der Waals surface area contributed by atoms with Crippen LogP contribution in [0.15, 0.2) is 60.7 Å². The molecule has 49 heavy (non-hydrogen) atoms. The average Bonchev–Trinajstić information content (AvgIpc) is 3.66. The molecule has 0 radical (unpaired) electrons. The number of hydrogen-bond donors (Lipinski definition) is 4. The molecule has 4 amide bonds. The van der Waals surface area contributed by atoms with Gasteiger partial charge < -0.3 is 25.6 Å². The summed E-state index contributed by atoms with van der Waals surface area (Å²) < 4.78 is 5.44. The van der Waals surface area contributed by atoms with Crippen molar-refractivity contribution in [2.75, 3.05) is 6.54 Å². The van der Waals surface area contributed by atoms with Crippen molar-refractivity contribution in [1.82, 2.24) is 26.3 Å². The van der Waals surface area contributed by atoms with Gasteiger partial charge in [-0.1, -0.05) is 88.2 Å². The van der Waals surface area contributed by atoms with Gasteiger partial charge in [0.1, 0.15) is 24.3 Å². The fourth-order valence-electron chi connectivity index (χ4n) is 5.99. The summed E-state index contributed by atoms with van der Waals surface area (Å²) in [4.78, 5) is 74.8. The molecule has 1 saturated heterocycles. The van der Waals surface area contributed by atoms with Gasteiger partial charge in [0.15, 0.2) is 0 Å². The Hall–Kier alpha value is -4.42. The van der Waals surface area contributed by atoms with Crippen molar-refractivity contribution >= 4 is 46.9 Å². The van der Waals surface area contributed by atoms with Crippen molar-refractivity contribution in [2.24, 2.45) is 5.41 Å². The Balaban J connectivity index is 1.40. The number of carbonyl (C=O) groups is 5. The number of halogens is 1. The number of hydroxylamine groups is 1. The molecule has 2 heterocycles. The third-order valence-electron chi connectivity index (χ3n) is 8.78. The molecule has 12 nitrogen and oxygen atoms in total. The lowest BCUT2D eigenvalue weighted by atomic mass is 9.85. The molecule has 2 fully saturated rings. The lowest BCUT2D eigenvalue weighted by Crippen LogP contribution is -2.59. The summed E-state index contributed by atoms with van der Waals surface area (Å²) in [7, 11) is 0. The molecule has 5 rings (SSSR count). The summed E-state index contributed by atoms with van der Waals surface area (Å²) in [5.74, 6) is -2.60. The number of likely N-dealkylation sites (tertiary alicyclic amines) is 1. The van der Waals surface area contributed by atoms with Crippen LogP contribution in [-0.4, -0.2) is 70.8 Å². The Morgan fingerprint density at radius 3 is 2.45 bits per heavy atom. The standard InChI is InChI=1S/C36H44ClN5O7/c1-5-10-26(29(43)32(45)38-25-15-16-25)39-31(44)28-19-36(18-27(41-49-36)23-13-9-14-24(37)17-23)21-42(28)33(46)30(35(2,3)4)40-34(47)48-20-22-11-7-6-8-12-22/h6-9,11-14,17-18,25-26,28,30,41H,5,10,15-16,19-21H2,1-4H3,(H,38,45)(H,39,44)(H,40,47)/t26-,28-,30+,36+/m0/s1. The lowest BCUT2D eigenvalue weighted by molar-refractivity contribution is -0.144. The number of ether oxygens (including phenoxy) is 1. The molecule has 0 aromatic heterocycles. The lowest BCUT2D eigenvalue weighted by Gasteiger charge is -2.35. The molecular formula is C36H44ClN5O7. The molecule has 4 atom stereocenters. The van der Waals surface area contributed by atoms with E-state index in [0.717, 1.165) is 24.0 Å². The van der Waals surface area contributed by atoms with E-state index in [4.69, 9.17) is 21.2 Å². The number of hydrogen-bond acceptors (Lipinski definition) is 8. The Morgan fingerprint density at radius 1 is 1.06 bits per heavy atom. The first-order valence-electron chi connectivity index (χ1n) is 16.6. The maximum atomic E-state index is 14.5. The van der Waals surface area contributed by atoms with Gasteiger partial charge in [0.2, 0.25) is 17.6 Å². The molecule has 0 unspecified atom stereocenters. The minimum Gasteiger partial charge on any atom is -0.445 e. The molecule has 3 aliphatic rings. The van der Waals surface area contributed by atoms with E-state index in [1.165, 1.54) is 4.90 Å². The minimum atomic E-state index is -1.13. The van der Waals surface area contributed by atoms with Crippen LogP contribution in [0.4, 0.5) is 4.79 Å². The van der Waals surface area contributed by atoms with E-state index in [1.807, 2.05) is 49.4 Å². The topological polar surface area (TPSA) is 155 Å². The van der Waals surface area contributed by atoms with E-state index in [2.05, 4.69) is 21.4 Å². The molecule has 262 valence electrons. The summed E-state index contributed by atoms with van der Waals surface area (Å²) in [5.41, 5.74) is 3.16. The number of carbonyl (C=O) groups excluding carboxylic acids is 5. The van der Waals surface area contributed by atoms with Gasteiger partial charge in [-0.05, 0) is 48.4 Å². The van der Waals surface area contributed by atoms with Crippen LogP contribution in [0, 0.1) is 5.41 Å². The summed E-state index contributed by atoms with van der Waals surface area (Å²) in [6.07, 6.45) is 3.47. The number of benzene rings is 2. The first kappa shape index (κ1) is 35.9. The first-order valence-corrected chi connectivity index (χ1v) is 17.0. The summed E-state index contributed by atoms with van der Waals surface area (Å²) in [6, 6.07) is 13.0. The highest BCUT2D eigenvalue weighted by Crippen LogP contribution is 2.39. The SMILES string of the molecule is CCC[C@H](NC(=O)[C@@H]1C[C@]2(C=C(c3cccc(Cl)c3)NO2)CN1C(=O)[C@@H](NC(=O)OCc1ccccc1)C(C)(C)C)C(=O)C(=O)NC1CC1. The molecule has 1 aliphatic carbocycles. The van der Waals surface area contributed by atoms with Gasteiger partial charge in [-0.2, -0.15) is 0 Å². The second-order valence-corrected chi connectivity index (χ2v) is 14.4. The maximum Gasteiger partial charge on any atom is 0.408 e. The van der Waals surface area contributed by atoms with Crippen molar-refractivity contribution < 1.29 is 33.5 Å². The number of rotatable bonds is 12. The second kappa shape index (κ2) is 15.0. The molecule has 2 aliphatic heterocycles. The highest BCUT2D eigenvalue weighted by Gasteiger charge is 2.54. The molecular weight excluding hydrogens is 650 g/mol. The highest BCUT2D eigenvalue weighted by atomic mass is 35.5. The van der Waals surface area contributed by atoms with E-state index in [1.54, 1.807) is 39.0 Å². The Labute approximate surface area is 291 Å². The van der Waals surface area contributed by atoms with Crippen LogP contribution < -0.4 is 21.4 Å². The van der Waals surface area contributed by atoms with E-state index in [0.29, 0.717) is 17.1 Å². The quantitative estimate of drug-likeness (QED) is 0.243. The van der Waals surface area contributed by atoms with Gasteiger partial charge in [-0.25, -0.2) is 4.79 Å². The molecule has 13 heteroatoms. The molecule has 1 spiro atoms. The zero-order valence-corrected chi connectivity index (χ0v) is 29.0. The van der Waals surface area contributed by atoms with Crippen molar-refractivity contribution in [3.8, 4) is 0 Å². The van der Waals surface area contributed by atoms with Crippen LogP contribution in [-0.2, 0) is 35.4 Å². The molecule has 1 saturated carbocycles. The summed E-state index contributed by atoms with van der Waals surface area (Å²) >= 11 is 6.23. The fourth-order valence-corrected chi connectivity index (χ4v) is 6.18. The summed E-state index contributed by atoms with van der Waals surface area (Å²) in [6.45, 7) is 7.21. The van der Waals surface area contributed by atoms with E-state index in [-0.39, 0.29) is 32.0 Å². The van der Waals surface area contributed by atoms with Gasteiger partial charge in [-0.3, -0.25) is 29.5 Å². The zero-order valence-electron chi connectivity index (χ0n) is 28.2. The number of alkyl carbamates (subject to hydrolysis) is 1. The summed E-state index contributed by atoms with van der Waals surface area (Å²) in [5, 5.41) is 8.71. The van der Waals surface area contributed by atoms with Crippen molar-refractivity contribution in [3.05, 3.63) is 76.8 Å². The molecule has 4 N–H and O–H groups in total. The van der Waals surface area contributed by atoms with Crippen LogP contribution in [0.25, 0.3) is 5.70 Å². The average molecular weight is 694 g/mol. The predicted octanol–water partition coefficient (Wildman–Crippen LogP) is 4.03. The number of amides is 4. The zero-order chi connectivity index (χ0) is 35.3. The number of nitrogens with one attached hydrogen (secondary N) is 4. The molecule has 2 aromatic carbocycles. The van der Waals surface area contributed by atoms with Crippen molar-refractivity contribution in [2.45, 2.75) is 96.2 Å². The van der Waals surface area contributed by atoms with Crippen LogP contribution in [0.5, 0.6) is 0 Å². The second-order valence-electron chi connectivity index (χ2n) is 14.0. The number of ketones is 1. The van der Waals surface area contributed by atoms with Gasteiger partial charge >= 0.3 is 6.09 Å². The van der Waals surface area contributed by atoms with Gasteiger partial charge in [0.25, 0.3) is 5.91 Å². The van der Waals surface area contributed by atoms with E-state index >= 15 is 0 Å². The molecule has 0 bridgehead atoms. The predicted molar refractivity (Wildman–Crippen MR) is 183 cm³/mol. The van der Waals surface area contributed by atoms with Crippen LogP contribution in [0.2, 0.25) is 5.02 Å². The van der Waals surface area contributed by atoms with Crippen LogP contribution >= 0.6 is 11.6 Å². The maximum absolute atomic E-state index is 14.5. The van der Waals surface area contributed by atoms with Gasteiger partial charge in [-0.15, -0.1) is 0 Å². The van der Waals surface area contributed by atoms with Crippen LogP contribution in [0.3, 0.4) is 0 Å². The van der Waals surface area contributed by atoms with Crippen LogP contribution in [0.1, 0.15) is 70.9 Å². The number of Topliss-reactive ketones (excluding diaryl/α,β-unsaturated/α-hetero) is 1. The monoisotopic (exact) mass is 693 g/mol. The van der Waals surface area contributed by atoms with E-state index in [9.17, 15) is 24.0 Å². The third-order valence-corrected chi connectivity index (χ3v) is 9.02. The highest BCUT2D eigenvalue weighted by molar-refractivity contribution is 6.38. The van der Waals surface area contributed by atoms with Crippen molar-refractivity contribution in [1.29, 1.82) is 0 Å².